The quantitative estimate of drug-likeness (QED) is 0.105. The first-order valence-corrected chi connectivity index (χ1v) is 17.1. The zero-order valence-corrected chi connectivity index (χ0v) is 25.5. The highest BCUT2D eigenvalue weighted by atomic mass is 28.4. The predicted octanol–water partition coefficient (Wildman–Crippen LogP) is 8.74. The van der Waals surface area contributed by atoms with Crippen molar-refractivity contribution < 1.29 is 9.53 Å². The third-order valence-electron chi connectivity index (χ3n) is 7.35. The molecule has 3 heteroatoms. The van der Waals surface area contributed by atoms with Crippen LogP contribution >= 0.6 is 0 Å². The lowest BCUT2D eigenvalue weighted by atomic mass is 10.1. The molecule has 0 aromatic heterocycles. The van der Waals surface area contributed by atoms with Crippen LogP contribution in [0.4, 0.5) is 0 Å². The van der Waals surface area contributed by atoms with E-state index in [1.165, 1.54) is 61.7 Å². The van der Waals surface area contributed by atoms with Crippen molar-refractivity contribution in [2.24, 2.45) is 0 Å². The van der Waals surface area contributed by atoms with Gasteiger partial charge in [-0.05, 0) is 79.6 Å². The van der Waals surface area contributed by atoms with Gasteiger partial charge in [0.05, 0.1) is 0 Å². The molecule has 0 amide bonds. The third-order valence-corrected chi connectivity index (χ3v) is 12.4. The smallest absolute Gasteiger partial charge is 0.261 e. The second-order valence-corrected chi connectivity index (χ2v) is 15.8. The zero-order valence-electron chi connectivity index (χ0n) is 24.5. The van der Waals surface area contributed by atoms with Crippen molar-refractivity contribution in [2.75, 3.05) is 13.2 Å². The van der Waals surface area contributed by atoms with E-state index in [1.807, 2.05) is 0 Å². The summed E-state index contributed by atoms with van der Waals surface area (Å²) in [6.45, 7) is 8.19. The highest BCUT2D eigenvalue weighted by Gasteiger charge is 2.49. The van der Waals surface area contributed by atoms with Crippen LogP contribution in [-0.2, 0) is 4.43 Å². The first kappa shape index (κ1) is 32.3. The Bertz CT molecular complexity index is 844. The lowest BCUT2D eigenvalue weighted by Crippen LogP contribution is -2.66. The number of unbranched alkanes of at least 4 members (excludes halogenated alkanes) is 10. The topological polar surface area (TPSA) is 29.5 Å². The zero-order chi connectivity index (χ0) is 27.4. The molecule has 0 unspecified atom stereocenters. The van der Waals surface area contributed by atoms with Crippen LogP contribution in [0, 0.1) is 0 Å². The van der Waals surface area contributed by atoms with Gasteiger partial charge in [0, 0.05) is 13.2 Å². The lowest BCUT2D eigenvalue weighted by Gasteiger charge is -2.43. The van der Waals surface area contributed by atoms with Crippen LogP contribution in [0.1, 0.15) is 104 Å². The van der Waals surface area contributed by atoms with E-state index in [0.717, 1.165) is 38.7 Å². The molecule has 2 nitrogen and oxygen atoms in total. The van der Waals surface area contributed by atoms with E-state index in [9.17, 15) is 0 Å². The van der Waals surface area contributed by atoms with Crippen LogP contribution in [-0.4, -0.2) is 26.6 Å². The van der Waals surface area contributed by atoms with E-state index in [1.54, 1.807) is 0 Å². The summed E-state index contributed by atoms with van der Waals surface area (Å²) in [6, 6.07) is 21.9. The lowest BCUT2D eigenvalue weighted by molar-refractivity contribution is 0.285. The molecule has 0 heterocycles. The van der Waals surface area contributed by atoms with Gasteiger partial charge < -0.3 is 9.53 Å². The van der Waals surface area contributed by atoms with Gasteiger partial charge in [0.1, 0.15) is 0 Å². The summed E-state index contributed by atoms with van der Waals surface area (Å²) < 4.78 is 7.00. The Balaban J connectivity index is 1.65. The second kappa shape index (κ2) is 19.2. The van der Waals surface area contributed by atoms with Gasteiger partial charge in [-0.25, -0.2) is 0 Å². The average molecular weight is 535 g/mol. The first-order chi connectivity index (χ1) is 18.5. The number of aliphatic hydroxyl groups is 1. The van der Waals surface area contributed by atoms with Crippen LogP contribution in [0.2, 0.25) is 5.04 Å². The molecule has 38 heavy (non-hydrogen) atoms. The monoisotopic (exact) mass is 534 g/mol. The number of hydrogen-bond acceptors (Lipinski definition) is 2. The third kappa shape index (κ3) is 11.4. The predicted molar refractivity (Wildman–Crippen MR) is 169 cm³/mol. The molecule has 0 aliphatic carbocycles. The fraction of sp³-hybridized carbons (Fsp3) is 0.543. The summed E-state index contributed by atoms with van der Waals surface area (Å²) >= 11 is 0. The number of hydrogen-bond donors (Lipinski definition) is 1. The molecule has 1 N–H and O–H groups in total. The molecular weight excluding hydrogens is 480 g/mol. The maximum atomic E-state index is 8.78. The molecule has 0 saturated heterocycles. The highest BCUT2D eigenvalue weighted by molar-refractivity contribution is 6.99. The average Bonchev–Trinajstić information content (AvgIpc) is 2.92. The summed E-state index contributed by atoms with van der Waals surface area (Å²) in [5, 5.41) is 11.6. The van der Waals surface area contributed by atoms with Crippen LogP contribution in [0.25, 0.3) is 0 Å². The van der Waals surface area contributed by atoms with E-state index in [0.29, 0.717) is 6.61 Å². The van der Waals surface area contributed by atoms with E-state index in [2.05, 4.69) is 106 Å². The van der Waals surface area contributed by atoms with Gasteiger partial charge in [0.15, 0.2) is 0 Å². The Labute approximate surface area is 235 Å². The van der Waals surface area contributed by atoms with E-state index >= 15 is 0 Å². The Morgan fingerprint density at radius 1 is 0.579 bits per heavy atom. The van der Waals surface area contributed by atoms with Crippen molar-refractivity contribution in [3.8, 4) is 0 Å². The van der Waals surface area contributed by atoms with Gasteiger partial charge in [-0.1, -0.05) is 125 Å². The highest BCUT2D eigenvalue weighted by Crippen LogP contribution is 2.36. The maximum Gasteiger partial charge on any atom is 0.261 e. The van der Waals surface area contributed by atoms with Gasteiger partial charge >= 0.3 is 0 Å². The standard InChI is InChI=1S/C35H54O2Si/c1-35(2,3)38(33-27-21-19-22-28-33,34-29-23-20-24-30-34)37-32-26-18-16-14-12-10-8-6-4-5-7-9-11-13-15-17-25-31-36/h11-14,19-24,27-30,36H,4-10,15-18,25-26,31-32H2,1-3H3/b13-11-,14-12-. The Hall–Kier alpha value is -1.94. The summed E-state index contributed by atoms with van der Waals surface area (Å²) in [6.07, 6.45) is 25.0. The molecule has 210 valence electrons. The molecule has 0 spiro atoms. The molecule has 0 fully saturated rings. The van der Waals surface area contributed by atoms with Crippen LogP contribution in [0.15, 0.2) is 85.0 Å². The molecule has 2 rings (SSSR count). The van der Waals surface area contributed by atoms with E-state index in [-0.39, 0.29) is 5.04 Å². The number of rotatable bonds is 20. The first-order valence-electron chi connectivity index (χ1n) is 15.2. The van der Waals surface area contributed by atoms with Crippen molar-refractivity contribution >= 4 is 18.7 Å². The molecule has 2 aromatic carbocycles. The SMILES string of the molecule is CC(C)(C)[Si](OCCCC/C=C\CCCCCCC/C=C\CCCCO)(c1ccccc1)c1ccccc1. The van der Waals surface area contributed by atoms with Crippen LogP contribution in [0.5, 0.6) is 0 Å². The fourth-order valence-corrected chi connectivity index (χ4v) is 9.86. The molecule has 0 saturated carbocycles. The molecule has 2 aromatic rings. The molecule has 0 aliphatic heterocycles. The number of benzene rings is 2. The Morgan fingerprint density at radius 3 is 1.39 bits per heavy atom. The van der Waals surface area contributed by atoms with Crippen molar-refractivity contribution in [2.45, 2.75) is 109 Å². The Morgan fingerprint density at radius 2 is 0.974 bits per heavy atom. The normalized spacial score (nSPS) is 12.6. The largest absolute Gasteiger partial charge is 0.407 e. The van der Waals surface area contributed by atoms with Crippen molar-refractivity contribution in [1.82, 2.24) is 0 Å². The van der Waals surface area contributed by atoms with Gasteiger partial charge in [0.25, 0.3) is 8.32 Å². The number of allylic oxidation sites excluding steroid dienone is 4. The fourth-order valence-electron chi connectivity index (χ4n) is 5.25. The molecule has 0 bridgehead atoms. The number of aliphatic hydroxyl groups excluding tert-OH is 1. The van der Waals surface area contributed by atoms with E-state index < -0.39 is 8.32 Å². The summed E-state index contributed by atoms with van der Waals surface area (Å²) in [5.74, 6) is 0. The van der Waals surface area contributed by atoms with Crippen LogP contribution < -0.4 is 10.4 Å². The van der Waals surface area contributed by atoms with E-state index in [4.69, 9.17) is 9.53 Å². The molecule has 0 aliphatic rings. The van der Waals surface area contributed by atoms with Crippen LogP contribution in [0.3, 0.4) is 0 Å². The van der Waals surface area contributed by atoms with Crippen molar-refractivity contribution in [3.63, 3.8) is 0 Å². The van der Waals surface area contributed by atoms with Crippen molar-refractivity contribution in [1.29, 1.82) is 0 Å². The minimum absolute atomic E-state index is 0.0485. The minimum Gasteiger partial charge on any atom is -0.407 e. The van der Waals surface area contributed by atoms with Gasteiger partial charge in [-0.15, -0.1) is 0 Å². The van der Waals surface area contributed by atoms with Gasteiger partial charge in [-0.3, -0.25) is 0 Å². The molecule has 0 atom stereocenters. The van der Waals surface area contributed by atoms with Gasteiger partial charge in [-0.2, -0.15) is 0 Å². The minimum atomic E-state index is -2.39. The van der Waals surface area contributed by atoms with Gasteiger partial charge in [0.2, 0.25) is 0 Å². The maximum absolute atomic E-state index is 8.78. The molecule has 0 radical (unpaired) electrons. The second-order valence-electron chi connectivity index (χ2n) is 11.5. The van der Waals surface area contributed by atoms with Crippen molar-refractivity contribution in [3.05, 3.63) is 85.0 Å². The Kier molecular flexibility index (Phi) is 16.3. The summed E-state index contributed by atoms with van der Waals surface area (Å²) in [5.41, 5.74) is 0. The summed E-state index contributed by atoms with van der Waals surface area (Å²) in [7, 11) is -2.39. The molecular formula is C35H54O2Si. The summed E-state index contributed by atoms with van der Waals surface area (Å²) in [4.78, 5) is 0.